The molecule has 1 N–H and O–H groups in total. The Morgan fingerprint density at radius 2 is 2.09 bits per heavy atom. The van der Waals surface area contributed by atoms with E-state index in [1.54, 1.807) is 6.92 Å². The third kappa shape index (κ3) is 1.67. The van der Waals surface area contributed by atoms with Gasteiger partial charge in [-0.05, 0) is 5.92 Å². The van der Waals surface area contributed by atoms with Crippen molar-refractivity contribution in [1.29, 1.82) is 0 Å². The number of carboxylic acids is 1. The minimum Gasteiger partial charge on any atom is -0.481 e. The van der Waals surface area contributed by atoms with E-state index in [9.17, 15) is 13.6 Å². The van der Waals surface area contributed by atoms with E-state index < -0.39 is 30.1 Å². The van der Waals surface area contributed by atoms with Crippen LogP contribution in [0.15, 0.2) is 0 Å². The smallest absolute Gasteiger partial charge is 0.306 e. The largest absolute Gasteiger partial charge is 0.481 e. The van der Waals surface area contributed by atoms with Crippen LogP contribution in [0.4, 0.5) is 8.78 Å². The van der Waals surface area contributed by atoms with Crippen molar-refractivity contribution in [1.82, 2.24) is 0 Å². The van der Waals surface area contributed by atoms with Crippen LogP contribution in [0.2, 0.25) is 0 Å². The maximum absolute atomic E-state index is 12.5. The fourth-order valence-electron chi connectivity index (χ4n) is 1.55. The van der Waals surface area contributed by atoms with Crippen LogP contribution in [0, 0.1) is 11.8 Å². The Labute approximate surface area is 63.2 Å². The molecule has 64 valence electrons. The predicted molar refractivity (Wildman–Crippen MR) is 34.5 cm³/mol. The second-order valence-corrected chi connectivity index (χ2v) is 3.19. The van der Waals surface area contributed by atoms with Crippen LogP contribution in [0.5, 0.6) is 0 Å². The lowest BCUT2D eigenvalue weighted by Crippen LogP contribution is -2.16. The van der Waals surface area contributed by atoms with Crippen LogP contribution in [0.1, 0.15) is 19.8 Å². The average Bonchev–Trinajstić information content (AvgIpc) is 2.05. The molecule has 1 aliphatic carbocycles. The van der Waals surface area contributed by atoms with Crippen LogP contribution in [-0.2, 0) is 4.79 Å². The van der Waals surface area contributed by atoms with Gasteiger partial charge in [-0.2, -0.15) is 0 Å². The minimum absolute atomic E-state index is 0.288. The molecule has 0 aliphatic heterocycles. The summed E-state index contributed by atoms with van der Waals surface area (Å²) in [5.74, 6) is -5.12. The Balaban J connectivity index is 2.66. The molecule has 0 aromatic heterocycles. The Kier molecular flexibility index (Phi) is 1.86. The first kappa shape index (κ1) is 8.43. The van der Waals surface area contributed by atoms with Gasteiger partial charge in [0.2, 0.25) is 5.92 Å². The van der Waals surface area contributed by atoms with E-state index in [1.807, 2.05) is 0 Å². The van der Waals surface area contributed by atoms with Gasteiger partial charge in [-0.15, -0.1) is 0 Å². The Bertz CT molecular complexity index is 179. The standard InChI is InChI=1S/C7H10F2O2/c1-4-2-7(8,9)3-5(4)6(10)11/h4-5H,2-3H2,1H3,(H,10,11). The van der Waals surface area contributed by atoms with Gasteiger partial charge in [0.1, 0.15) is 0 Å². The zero-order valence-electron chi connectivity index (χ0n) is 6.18. The fourth-order valence-corrected chi connectivity index (χ4v) is 1.55. The summed E-state index contributed by atoms with van der Waals surface area (Å²) in [6.07, 6.45) is -0.784. The normalized spacial score (nSPS) is 35.5. The quantitative estimate of drug-likeness (QED) is 0.641. The van der Waals surface area contributed by atoms with Crippen molar-refractivity contribution >= 4 is 5.97 Å². The molecule has 2 unspecified atom stereocenters. The van der Waals surface area contributed by atoms with Crippen molar-refractivity contribution in [3.8, 4) is 0 Å². The molecule has 0 aromatic carbocycles. The maximum Gasteiger partial charge on any atom is 0.306 e. The summed E-state index contributed by atoms with van der Waals surface area (Å²) in [6, 6.07) is 0. The van der Waals surface area contributed by atoms with Crippen LogP contribution in [0.3, 0.4) is 0 Å². The molecule has 1 saturated carbocycles. The lowest BCUT2D eigenvalue weighted by molar-refractivity contribution is -0.143. The lowest BCUT2D eigenvalue weighted by Gasteiger charge is -2.06. The molecule has 2 atom stereocenters. The van der Waals surface area contributed by atoms with Crippen molar-refractivity contribution in [3.05, 3.63) is 0 Å². The van der Waals surface area contributed by atoms with Gasteiger partial charge in [-0.25, -0.2) is 8.78 Å². The highest BCUT2D eigenvalue weighted by Gasteiger charge is 2.47. The summed E-state index contributed by atoms with van der Waals surface area (Å²) in [6.45, 7) is 1.56. The Morgan fingerprint density at radius 3 is 2.27 bits per heavy atom. The molecule has 4 heteroatoms. The molecule has 1 aliphatic rings. The monoisotopic (exact) mass is 164 g/mol. The zero-order valence-corrected chi connectivity index (χ0v) is 6.18. The number of aliphatic carboxylic acids is 1. The molecule has 0 spiro atoms. The number of carbonyl (C=O) groups is 1. The molecule has 11 heavy (non-hydrogen) atoms. The van der Waals surface area contributed by atoms with Crippen molar-refractivity contribution < 1.29 is 18.7 Å². The van der Waals surface area contributed by atoms with Gasteiger partial charge < -0.3 is 5.11 Å². The first-order chi connectivity index (χ1) is 4.92. The zero-order chi connectivity index (χ0) is 8.65. The molecular weight excluding hydrogens is 154 g/mol. The molecule has 1 fully saturated rings. The highest BCUT2D eigenvalue weighted by Crippen LogP contribution is 2.42. The van der Waals surface area contributed by atoms with Gasteiger partial charge in [0.05, 0.1) is 5.92 Å². The number of rotatable bonds is 1. The SMILES string of the molecule is CC1CC(F)(F)CC1C(=O)O. The highest BCUT2D eigenvalue weighted by molar-refractivity contribution is 5.70. The van der Waals surface area contributed by atoms with Crippen LogP contribution in [-0.4, -0.2) is 17.0 Å². The van der Waals surface area contributed by atoms with Gasteiger partial charge in [-0.1, -0.05) is 6.92 Å². The van der Waals surface area contributed by atoms with E-state index in [-0.39, 0.29) is 6.42 Å². The molecule has 0 heterocycles. The summed E-state index contributed by atoms with van der Waals surface area (Å²) < 4.78 is 25.1. The van der Waals surface area contributed by atoms with E-state index in [4.69, 9.17) is 5.11 Å². The van der Waals surface area contributed by atoms with Crippen molar-refractivity contribution in [2.24, 2.45) is 11.8 Å². The van der Waals surface area contributed by atoms with Crippen LogP contribution in [0.25, 0.3) is 0 Å². The van der Waals surface area contributed by atoms with E-state index in [1.165, 1.54) is 0 Å². The third-order valence-electron chi connectivity index (χ3n) is 2.14. The van der Waals surface area contributed by atoms with Gasteiger partial charge in [0.25, 0.3) is 0 Å². The lowest BCUT2D eigenvalue weighted by atomic mass is 9.99. The number of carboxylic acid groups (broad SMARTS) is 1. The number of alkyl halides is 2. The number of hydrogen-bond acceptors (Lipinski definition) is 1. The summed E-state index contributed by atoms with van der Waals surface area (Å²) in [7, 11) is 0. The molecule has 0 saturated heterocycles. The Morgan fingerprint density at radius 1 is 1.55 bits per heavy atom. The van der Waals surface area contributed by atoms with Gasteiger partial charge in [0, 0.05) is 12.8 Å². The summed E-state index contributed by atoms with van der Waals surface area (Å²) in [5, 5.41) is 8.48. The molecule has 0 amide bonds. The van der Waals surface area contributed by atoms with Gasteiger partial charge in [-0.3, -0.25) is 4.79 Å². The van der Waals surface area contributed by atoms with Crippen LogP contribution >= 0.6 is 0 Å². The maximum atomic E-state index is 12.5. The highest BCUT2D eigenvalue weighted by atomic mass is 19.3. The van der Waals surface area contributed by atoms with E-state index >= 15 is 0 Å². The van der Waals surface area contributed by atoms with Crippen LogP contribution < -0.4 is 0 Å². The Hall–Kier alpha value is -0.670. The first-order valence-electron chi connectivity index (χ1n) is 3.53. The third-order valence-corrected chi connectivity index (χ3v) is 2.14. The van der Waals surface area contributed by atoms with E-state index in [0.29, 0.717) is 0 Å². The fraction of sp³-hybridized carbons (Fsp3) is 0.857. The van der Waals surface area contributed by atoms with Gasteiger partial charge >= 0.3 is 5.97 Å². The van der Waals surface area contributed by atoms with Crippen molar-refractivity contribution in [3.63, 3.8) is 0 Å². The summed E-state index contributed by atoms with van der Waals surface area (Å²) in [5.41, 5.74) is 0. The van der Waals surface area contributed by atoms with E-state index in [2.05, 4.69) is 0 Å². The summed E-state index contributed by atoms with van der Waals surface area (Å²) in [4.78, 5) is 10.4. The summed E-state index contributed by atoms with van der Waals surface area (Å²) >= 11 is 0. The second kappa shape index (κ2) is 2.43. The molecule has 1 rings (SSSR count). The van der Waals surface area contributed by atoms with Crippen molar-refractivity contribution in [2.75, 3.05) is 0 Å². The molecule has 2 nitrogen and oxygen atoms in total. The second-order valence-electron chi connectivity index (χ2n) is 3.19. The number of hydrogen-bond donors (Lipinski definition) is 1. The molecule has 0 bridgehead atoms. The molecule has 0 radical (unpaired) electrons. The topological polar surface area (TPSA) is 37.3 Å². The van der Waals surface area contributed by atoms with Gasteiger partial charge in [0.15, 0.2) is 0 Å². The average molecular weight is 164 g/mol. The number of halogens is 2. The first-order valence-corrected chi connectivity index (χ1v) is 3.53. The molecule has 0 aromatic rings. The van der Waals surface area contributed by atoms with Crippen molar-refractivity contribution in [2.45, 2.75) is 25.7 Å². The minimum atomic E-state index is -2.76. The molecular formula is C7H10F2O2. The predicted octanol–water partition coefficient (Wildman–Crippen LogP) is 1.75. The van der Waals surface area contributed by atoms with E-state index in [0.717, 1.165) is 0 Å².